The molecule has 1 heterocycles. The fraction of sp³-hybridized carbons (Fsp3) is 0.714. The van der Waals surface area contributed by atoms with Crippen LogP contribution >= 0.6 is 0 Å². The minimum absolute atomic E-state index is 0.0965. The summed E-state index contributed by atoms with van der Waals surface area (Å²) in [7, 11) is 0. The van der Waals surface area contributed by atoms with E-state index >= 15 is 0 Å². The van der Waals surface area contributed by atoms with Crippen LogP contribution in [0.5, 0.6) is 0 Å². The lowest BCUT2D eigenvalue weighted by atomic mass is 10.1. The van der Waals surface area contributed by atoms with Gasteiger partial charge in [0, 0.05) is 12.6 Å². The molecule has 1 aliphatic carbocycles. The Kier molecular flexibility index (Phi) is 3.89. The zero-order chi connectivity index (χ0) is 12.4. The Morgan fingerprint density at radius 2 is 2.18 bits per heavy atom. The van der Waals surface area contributed by atoms with Crippen LogP contribution in [-0.4, -0.2) is 24.0 Å². The standard InChI is InChI=1S/C14H24N2O/c1-4-16(9-12-6-7-12)14(11(3)15)13-8-5-10(2)17-13/h5,8,11-12,14H,4,6-7,9,15H2,1-3H3. The number of rotatable bonds is 6. The van der Waals surface area contributed by atoms with Gasteiger partial charge in [-0.1, -0.05) is 6.92 Å². The third kappa shape index (κ3) is 3.11. The molecule has 3 nitrogen and oxygen atoms in total. The summed E-state index contributed by atoms with van der Waals surface area (Å²) in [5, 5.41) is 0. The predicted molar refractivity (Wildman–Crippen MR) is 69.8 cm³/mol. The number of nitrogens with two attached hydrogens (primary N) is 1. The number of nitrogens with zero attached hydrogens (tertiary/aromatic N) is 1. The van der Waals surface area contributed by atoms with Crippen molar-refractivity contribution in [1.82, 2.24) is 4.90 Å². The largest absolute Gasteiger partial charge is 0.465 e. The highest BCUT2D eigenvalue weighted by atomic mass is 16.3. The van der Waals surface area contributed by atoms with Crippen LogP contribution in [0.4, 0.5) is 0 Å². The highest BCUT2D eigenvalue weighted by Crippen LogP contribution is 2.33. The van der Waals surface area contributed by atoms with Crippen molar-refractivity contribution in [3.63, 3.8) is 0 Å². The second kappa shape index (κ2) is 5.23. The van der Waals surface area contributed by atoms with Crippen LogP contribution in [0.2, 0.25) is 0 Å². The van der Waals surface area contributed by atoms with Crippen molar-refractivity contribution < 1.29 is 4.42 Å². The first kappa shape index (κ1) is 12.7. The fourth-order valence-corrected chi connectivity index (χ4v) is 2.46. The molecule has 0 bridgehead atoms. The van der Waals surface area contributed by atoms with E-state index in [1.807, 2.05) is 13.0 Å². The zero-order valence-corrected chi connectivity index (χ0v) is 11.1. The molecule has 0 radical (unpaired) electrons. The Hall–Kier alpha value is -0.800. The van der Waals surface area contributed by atoms with E-state index in [9.17, 15) is 0 Å². The van der Waals surface area contributed by atoms with Gasteiger partial charge < -0.3 is 10.2 Å². The predicted octanol–water partition coefficient (Wildman–Crippen LogP) is 2.71. The molecule has 0 aliphatic heterocycles. The summed E-state index contributed by atoms with van der Waals surface area (Å²) in [6.45, 7) is 8.44. The van der Waals surface area contributed by atoms with Gasteiger partial charge in [0.2, 0.25) is 0 Å². The van der Waals surface area contributed by atoms with E-state index in [0.29, 0.717) is 0 Å². The van der Waals surface area contributed by atoms with Crippen LogP contribution in [0.1, 0.15) is 44.3 Å². The summed E-state index contributed by atoms with van der Waals surface area (Å²) in [5.74, 6) is 2.86. The van der Waals surface area contributed by atoms with E-state index in [-0.39, 0.29) is 12.1 Å². The van der Waals surface area contributed by atoms with Gasteiger partial charge in [0.05, 0.1) is 6.04 Å². The van der Waals surface area contributed by atoms with E-state index in [1.54, 1.807) is 0 Å². The molecule has 1 aromatic heterocycles. The Morgan fingerprint density at radius 1 is 1.47 bits per heavy atom. The van der Waals surface area contributed by atoms with Gasteiger partial charge in [-0.3, -0.25) is 4.90 Å². The SMILES string of the molecule is CCN(CC1CC1)C(c1ccc(C)o1)C(C)N. The number of hydrogen-bond acceptors (Lipinski definition) is 3. The van der Waals surface area contributed by atoms with Crippen molar-refractivity contribution in [3.05, 3.63) is 23.7 Å². The first-order valence-electron chi connectivity index (χ1n) is 6.67. The Morgan fingerprint density at radius 3 is 2.59 bits per heavy atom. The molecular formula is C14H24N2O. The minimum atomic E-state index is 0.0965. The van der Waals surface area contributed by atoms with E-state index < -0.39 is 0 Å². The Labute approximate surface area is 104 Å². The number of hydrogen-bond donors (Lipinski definition) is 1. The van der Waals surface area contributed by atoms with Gasteiger partial charge >= 0.3 is 0 Å². The maximum absolute atomic E-state index is 6.15. The molecule has 0 amide bonds. The number of furan rings is 1. The molecule has 2 N–H and O–H groups in total. The molecule has 2 unspecified atom stereocenters. The number of likely N-dealkylation sites (N-methyl/N-ethyl adjacent to an activating group) is 1. The van der Waals surface area contributed by atoms with Crippen LogP contribution < -0.4 is 5.73 Å². The molecule has 1 saturated carbocycles. The maximum atomic E-state index is 6.15. The first-order valence-corrected chi connectivity index (χ1v) is 6.67. The highest BCUT2D eigenvalue weighted by molar-refractivity contribution is 5.12. The molecule has 3 heteroatoms. The summed E-state index contributed by atoms with van der Waals surface area (Å²) in [5.41, 5.74) is 6.15. The van der Waals surface area contributed by atoms with Gasteiger partial charge in [-0.25, -0.2) is 0 Å². The number of aryl methyl sites for hydroxylation is 1. The van der Waals surface area contributed by atoms with Crippen molar-refractivity contribution in [2.24, 2.45) is 11.7 Å². The summed E-state index contributed by atoms with van der Waals surface area (Å²) >= 11 is 0. The Bertz CT molecular complexity index is 355. The third-order valence-corrected chi connectivity index (χ3v) is 3.54. The van der Waals surface area contributed by atoms with Crippen LogP contribution in [-0.2, 0) is 0 Å². The van der Waals surface area contributed by atoms with Crippen LogP contribution in [0, 0.1) is 12.8 Å². The van der Waals surface area contributed by atoms with Crippen molar-refractivity contribution in [3.8, 4) is 0 Å². The summed E-state index contributed by atoms with van der Waals surface area (Å²) < 4.78 is 5.77. The topological polar surface area (TPSA) is 42.4 Å². The van der Waals surface area contributed by atoms with E-state index in [1.165, 1.54) is 12.8 Å². The second-order valence-corrected chi connectivity index (χ2v) is 5.28. The van der Waals surface area contributed by atoms with Crippen molar-refractivity contribution in [2.75, 3.05) is 13.1 Å². The first-order chi connectivity index (χ1) is 8.11. The minimum Gasteiger partial charge on any atom is -0.465 e. The fourth-order valence-electron chi connectivity index (χ4n) is 2.46. The lowest BCUT2D eigenvalue weighted by molar-refractivity contribution is 0.155. The van der Waals surface area contributed by atoms with Gasteiger partial charge in [0.15, 0.2) is 0 Å². The van der Waals surface area contributed by atoms with E-state index in [2.05, 4.69) is 24.8 Å². The quantitative estimate of drug-likeness (QED) is 0.825. The van der Waals surface area contributed by atoms with Gasteiger partial charge in [-0.2, -0.15) is 0 Å². The second-order valence-electron chi connectivity index (χ2n) is 5.28. The molecule has 0 spiro atoms. The van der Waals surface area contributed by atoms with Crippen molar-refractivity contribution in [2.45, 2.75) is 45.7 Å². The average Bonchev–Trinajstić information content (AvgIpc) is 2.99. The van der Waals surface area contributed by atoms with Gasteiger partial charge in [-0.05, 0) is 51.3 Å². The molecule has 1 aromatic rings. The van der Waals surface area contributed by atoms with Gasteiger partial charge in [0.25, 0.3) is 0 Å². The van der Waals surface area contributed by atoms with Crippen molar-refractivity contribution in [1.29, 1.82) is 0 Å². The van der Waals surface area contributed by atoms with Crippen molar-refractivity contribution >= 4 is 0 Å². The molecule has 17 heavy (non-hydrogen) atoms. The molecular weight excluding hydrogens is 212 g/mol. The molecule has 2 atom stereocenters. The van der Waals surface area contributed by atoms with Crippen LogP contribution in [0.3, 0.4) is 0 Å². The zero-order valence-electron chi connectivity index (χ0n) is 11.1. The van der Waals surface area contributed by atoms with Gasteiger partial charge in [-0.15, -0.1) is 0 Å². The summed E-state index contributed by atoms with van der Waals surface area (Å²) in [6, 6.07) is 4.41. The molecule has 2 rings (SSSR count). The lowest BCUT2D eigenvalue weighted by Crippen LogP contribution is -2.40. The van der Waals surface area contributed by atoms with Gasteiger partial charge in [0.1, 0.15) is 11.5 Å². The molecule has 0 saturated heterocycles. The van der Waals surface area contributed by atoms with Crippen LogP contribution in [0.25, 0.3) is 0 Å². The van der Waals surface area contributed by atoms with E-state index in [0.717, 1.165) is 30.5 Å². The molecule has 96 valence electrons. The molecule has 1 fully saturated rings. The highest BCUT2D eigenvalue weighted by Gasteiger charge is 2.31. The van der Waals surface area contributed by atoms with Crippen LogP contribution in [0.15, 0.2) is 16.5 Å². The average molecular weight is 236 g/mol. The van der Waals surface area contributed by atoms with E-state index in [4.69, 9.17) is 10.2 Å². The molecule has 1 aliphatic rings. The summed E-state index contributed by atoms with van der Waals surface area (Å²) in [6.07, 6.45) is 2.75. The molecule has 0 aromatic carbocycles. The third-order valence-electron chi connectivity index (χ3n) is 3.54. The Balaban J connectivity index is 2.13. The lowest BCUT2D eigenvalue weighted by Gasteiger charge is -2.32. The normalized spacial score (nSPS) is 19.6. The smallest absolute Gasteiger partial charge is 0.122 e. The monoisotopic (exact) mass is 236 g/mol. The maximum Gasteiger partial charge on any atom is 0.122 e. The summed E-state index contributed by atoms with van der Waals surface area (Å²) in [4.78, 5) is 2.46.